The summed E-state index contributed by atoms with van der Waals surface area (Å²) in [7, 11) is 0. The zero-order chi connectivity index (χ0) is 27.1. The maximum absolute atomic E-state index is 12.8. The van der Waals surface area contributed by atoms with Crippen molar-refractivity contribution in [3.8, 4) is 0 Å². The zero-order valence-corrected chi connectivity index (χ0v) is 23.6. The lowest BCUT2D eigenvalue weighted by Gasteiger charge is -2.12. The molecule has 0 unspecified atom stereocenters. The molecule has 0 aliphatic carbocycles. The number of ether oxygens (including phenoxy) is 3. The van der Waals surface area contributed by atoms with Crippen LogP contribution >= 0.6 is 0 Å². The van der Waals surface area contributed by atoms with Crippen LogP contribution in [0.2, 0.25) is 0 Å². The van der Waals surface area contributed by atoms with Crippen LogP contribution in [0, 0.1) is 0 Å². The van der Waals surface area contributed by atoms with E-state index in [-0.39, 0.29) is 23.3 Å². The Labute approximate surface area is 224 Å². The lowest BCUT2D eigenvalue weighted by Crippen LogP contribution is -2.17. The molecule has 0 aliphatic rings. The number of unbranched alkanes of at least 4 members (excludes halogenated alkanes) is 13. The summed E-state index contributed by atoms with van der Waals surface area (Å²) >= 11 is 0. The molecule has 0 saturated carbocycles. The highest BCUT2D eigenvalue weighted by molar-refractivity contribution is 6.05. The summed E-state index contributed by atoms with van der Waals surface area (Å²) in [5.41, 5.74) is 0.404. The lowest BCUT2D eigenvalue weighted by atomic mass is 10.0. The molecule has 0 aliphatic heterocycles. The second kappa shape index (κ2) is 21.7. The number of carbonyl (C=O) groups excluding carboxylic acids is 3. The Balaban J connectivity index is 2.70. The summed E-state index contributed by atoms with van der Waals surface area (Å²) < 4.78 is 16.2. The SMILES string of the molecule is CCCCCCCCCCOC(=O)c1ccc(C(=O)OCCCCCC)c(C(=O)OCCCCCC)c1. The first-order chi connectivity index (χ1) is 18.0. The Hall–Kier alpha value is -2.37. The van der Waals surface area contributed by atoms with Crippen LogP contribution in [0.5, 0.6) is 0 Å². The molecule has 0 bridgehead atoms. The van der Waals surface area contributed by atoms with Crippen molar-refractivity contribution in [1.82, 2.24) is 0 Å². The second-order valence-electron chi connectivity index (χ2n) is 9.76. The fraction of sp³-hybridized carbons (Fsp3) is 0.710. The van der Waals surface area contributed by atoms with E-state index in [1.807, 2.05) is 0 Å². The third-order valence-electron chi connectivity index (χ3n) is 6.39. The van der Waals surface area contributed by atoms with Crippen molar-refractivity contribution in [2.75, 3.05) is 19.8 Å². The third kappa shape index (κ3) is 14.8. The summed E-state index contributed by atoms with van der Waals surface area (Å²) in [5, 5.41) is 0. The number of carbonyl (C=O) groups is 3. The summed E-state index contributed by atoms with van der Waals surface area (Å²) in [6.07, 6.45) is 17.1. The monoisotopic (exact) mass is 518 g/mol. The molecule has 0 heterocycles. The largest absolute Gasteiger partial charge is 0.462 e. The maximum atomic E-state index is 12.8. The van der Waals surface area contributed by atoms with Crippen LogP contribution in [0.1, 0.15) is 155 Å². The van der Waals surface area contributed by atoms with Gasteiger partial charge in [0.25, 0.3) is 0 Å². The molecular weight excluding hydrogens is 468 g/mol. The van der Waals surface area contributed by atoms with Crippen molar-refractivity contribution in [1.29, 1.82) is 0 Å². The van der Waals surface area contributed by atoms with Crippen molar-refractivity contribution in [3.05, 3.63) is 34.9 Å². The molecule has 6 nitrogen and oxygen atoms in total. The molecule has 0 radical (unpaired) electrons. The normalized spacial score (nSPS) is 10.8. The minimum absolute atomic E-state index is 0.0515. The molecule has 6 heteroatoms. The molecule has 0 spiro atoms. The summed E-state index contributed by atoms with van der Waals surface area (Å²) in [5.74, 6) is -1.69. The summed E-state index contributed by atoms with van der Waals surface area (Å²) in [6.45, 7) is 7.36. The van der Waals surface area contributed by atoms with E-state index >= 15 is 0 Å². The van der Waals surface area contributed by atoms with Gasteiger partial charge in [0.05, 0.1) is 36.5 Å². The van der Waals surface area contributed by atoms with E-state index in [2.05, 4.69) is 20.8 Å². The molecule has 0 N–H and O–H groups in total. The van der Waals surface area contributed by atoms with Gasteiger partial charge >= 0.3 is 17.9 Å². The Kier molecular flexibility index (Phi) is 19.1. The molecule has 0 amide bonds. The Morgan fingerprint density at radius 3 is 1.35 bits per heavy atom. The van der Waals surface area contributed by atoms with Crippen LogP contribution in [0.3, 0.4) is 0 Å². The quantitative estimate of drug-likeness (QED) is 0.0870. The lowest BCUT2D eigenvalue weighted by molar-refractivity contribution is 0.0448. The third-order valence-corrected chi connectivity index (χ3v) is 6.39. The van der Waals surface area contributed by atoms with Gasteiger partial charge < -0.3 is 14.2 Å². The number of benzene rings is 1. The first kappa shape index (κ1) is 32.7. The Morgan fingerprint density at radius 2 is 0.865 bits per heavy atom. The fourth-order valence-corrected chi connectivity index (χ4v) is 4.05. The van der Waals surface area contributed by atoms with Gasteiger partial charge in [-0.1, -0.05) is 104 Å². The molecule has 37 heavy (non-hydrogen) atoms. The van der Waals surface area contributed by atoms with Gasteiger partial charge in [0.2, 0.25) is 0 Å². The molecule has 0 atom stereocenters. The molecule has 210 valence electrons. The Morgan fingerprint density at radius 1 is 0.486 bits per heavy atom. The van der Waals surface area contributed by atoms with Gasteiger partial charge in [0, 0.05) is 0 Å². The molecule has 0 fully saturated rings. The first-order valence-corrected chi connectivity index (χ1v) is 14.7. The van der Waals surface area contributed by atoms with E-state index in [1.165, 1.54) is 50.3 Å². The highest BCUT2D eigenvalue weighted by atomic mass is 16.5. The minimum atomic E-state index is -0.618. The van der Waals surface area contributed by atoms with Crippen molar-refractivity contribution in [2.24, 2.45) is 0 Å². The molecule has 0 aromatic heterocycles. The van der Waals surface area contributed by atoms with Crippen molar-refractivity contribution in [2.45, 2.75) is 124 Å². The number of esters is 3. The van der Waals surface area contributed by atoms with Crippen LogP contribution in [0.15, 0.2) is 18.2 Å². The molecule has 0 saturated heterocycles. The van der Waals surface area contributed by atoms with Gasteiger partial charge in [-0.05, 0) is 37.5 Å². The number of hydrogen-bond donors (Lipinski definition) is 0. The highest BCUT2D eigenvalue weighted by Crippen LogP contribution is 2.18. The van der Waals surface area contributed by atoms with Crippen LogP contribution in [-0.2, 0) is 14.2 Å². The van der Waals surface area contributed by atoms with E-state index in [1.54, 1.807) is 0 Å². The minimum Gasteiger partial charge on any atom is -0.462 e. The van der Waals surface area contributed by atoms with Crippen LogP contribution in [0.4, 0.5) is 0 Å². The molecule has 1 aromatic carbocycles. The van der Waals surface area contributed by atoms with Crippen molar-refractivity contribution < 1.29 is 28.6 Å². The maximum Gasteiger partial charge on any atom is 0.339 e. The van der Waals surface area contributed by atoms with Crippen molar-refractivity contribution in [3.63, 3.8) is 0 Å². The molecule has 1 aromatic rings. The Bertz CT molecular complexity index is 773. The number of hydrogen-bond acceptors (Lipinski definition) is 6. The van der Waals surface area contributed by atoms with Gasteiger partial charge in [-0.3, -0.25) is 0 Å². The average Bonchev–Trinajstić information content (AvgIpc) is 2.91. The van der Waals surface area contributed by atoms with E-state index in [4.69, 9.17) is 14.2 Å². The van der Waals surface area contributed by atoms with E-state index in [0.29, 0.717) is 13.2 Å². The predicted molar refractivity (Wildman–Crippen MR) is 148 cm³/mol. The fourth-order valence-electron chi connectivity index (χ4n) is 4.05. The topological polar surface area (TPSA) is 78.9 Å². The van der Waals surface area contributed by atoms with Gasteiger partial charge in [0.15, 0.2) is 0 Å². The van der Waals surface area contributed by atoms with Crippen LogP contribution in [0.25, 0.3) is 0 Å². The average molecular weight is 519 g/mol. The number of rotatable bonds is 22. The van der Waals surface area contributed by atoms with Gasteiger partial charge in [-0.25, -0.2) is 14.4 Å². The van der Waals surface area contributed by atoms with Crippen molar-refractivity contribution >= 4 is 17.9 Å². The highest BCUT2D eigenvalue weighted by Gasteiger charge is 2.22. The van der Waals surface area contributed by atoms with Gasteiger partial charge in [0.1, 0.15) is 0 Å². The van der Waals surface area contributed by atoms with Crippen LogP contribution in [-0.4, -0.2) is 37.7 Å². The van der Waals surface area contributed by atoms with E-state index in [9.17, 15) is 14.4 Å². The second-order valence-corrected chi connectivity index (χ2v) is 9.76. The van der Waals surface area contributed by atoms with Gasteiger partial charge in [-0.2, -0.15) is 0 Å². The summed E-state index contributed by atoms with van der Waals surface area (Å²) in [4.78, 5) is 38.2. The zero-order valence-electron chi connectivity index (χ0n) is 23.6. The van der Waals surface area contributed by atoms with Crippen LogP contribution < -0.4 is 0 Å². The smallest absolute Gasteiger partial charge is 0.339 e. The van der Waals surface area contributed by atoms with E-state index in [0.717, 1.165) is 70.6 Å². The summed E-state index contributed by atoms with van der Waals surface area (Å²) in [6, 6.07) is 4.38. The van der Waals surface area contributed by atoms with E-state index < -0.39 is 17.9 Å². The van der Waals surface area contributed by atoms with Gasteiger partial charge in [-0.15, -0.1) is 0 Å². The molecular formula is C31H50O6. The standard InChI is InChI=1S/C31H50O6/c1-4-7-10-13-14-15-16-19-22-35-29(32)26-20-21-27(30(33)36-23-17-11-8-5-2)28(25-26)31(34)37-24-18-12-9-6-3/h20-21,25H,4-19,22-24H2,1-3H3. The predicted octanol–water partition coefficient (Wildman–Crippen LogP) is 8.46. The molecule has 1 rings (SSSR count). The first-order valence-electron chi connectivity index (χ1n) is 14.7.